The summed E-state index contributed by atoms with van der Waals surface area (Å²) in [6, 6.07) is 9.45. The molecule has 10 nitrogen and oxygen atoms in total. The van der Waals surface area contributed by atoms with Gasteiger partial charge < -0.3 is 10.1 Å². The van der Waals surface area contributed by atoms with E-state index in [1.54, 1.807) is 20.8 Å². The van der Waals surface area contributed by atoms with Crippen LogP contribution < -0.4 is 10.5 Å². The number of rotatable bonds is 9. The lowest BCUT2D eigenvalue weighted by molar-refractivity contribution is -0.119. The second-order valence-electron chi connectivity index (χ2n) is 6.76. The van der Waals surface area contributed by atoms with E-state index in [1.807, 2.05) is 0 Å². The van der Waals surface area contributed by atoms with E-state index in [1.165, 1.54) is 40.7 Å². The molecule has 0 bridgehead atoms. The minimum atomic E-state index is -4.01. The first kappa shape index (κ1) is 25.5. The first-order valence-electron chi connectivity index (χ1n) is 9.60. The molecule has 0 aromatic heterocycles. The molecule has 0 unspecified atom stereocenters. The summed E-state index contributed by atoms with van der Waals surface area (Å²) in [7, 11) is -7.72. The third-order valence-electron chi connectivity index (χ3n) is 4.55. The van der Waals surface area contributed by atoms with Crippen LogP contribution in [0.3, 0.4) is 0 Å². The normalized spacial score (nSPS) is 11.9. The zero-order chi connectivity index (χ0) is 24.1. The van der Waals surface area contributed by atoms with Crippen molar-refractivity contribution < 1.29 is 31.2 Å². The number of hydrogen-bond acceptors (Lipinski definition) is 7. The number of nitrogens with zero attached hydrogens (tertiary/aromatic N) is 1. The summed E-state index contributed by atoms with van der Waals surface area (Å²) in [4.78, 5) is 24.3. The number of anilines is 1. The lowest BCUT2D eigenvalue weighted by atomic mass is 10.1. The summed E-state index contributed by atoms with van der Waals surface area (Å²) in [6.07, 6.45) is 0. The van der Waals surface area contributed by atoms with Gasteiger partial charge in [0, 0.05) is 18.8 Å². The van der Waals surface area contributed by atoms with Gasteiger partial charge in [0.1, 0.15) is 0 Å². The maximum absolute atomic E-state index is 12.6. The molecule has 0 aliphatic carbocycles. The third kappa shape index (κ3) is 6.13. The van der Waals surface area contributed by atoms with Crippen molar-refractivity contribution >= 4 is 37.6 Å². The Morgan fingerprint density at radius 2 is 1.66 bits per heavy atom. The van der Waals surface area contributed by atoms with Gasteiger partial charge in [0.05, 0.1) is 15.4 Å². The van der Waals surface area contributed by atoms with Crippen molar-refractivity contribution in [2.75, 3.05) is 25.0 Å². The van der Waals surface area contributed by atoms with E-state index in [2.05, 4.69) is 5.32 Å². The Kier molecular flexibility index (Phi) is 8.13. The summed E-state index contributed by atoms with van der Waals surface area (Å²) < 4.78 is 54.5. The van der Waals surface area contributed by atoms with Crippen LogP contribution in [0.15, 0.2) is 52.3 Å². The molecule has 3 N–H and O–H groups in total. The summed E-state index contributed by atoms with van der Waals surface area (Å²) in [5.74, 6) is -1.60. The van der Waals surface area contributed by atoms with Crippen molar-refractivity contribution in [1.29, 1.82) is 0 Å². The molecule has 1 amide bonds. The number of carbonyl (C=O) groups excluding carboxylic acids is 2. The van der Waals surface area contributed by atoms with E-state index in [4.69, 9.17) is 9.88 Å². The summed E-state index contributed by atoms with van der Waals surface area (Å²) >= 11 is 0. The fraction of sp³-hybridized carbons (Fsp3) is 0.300. The van der Waals surface area contributed by atoms with Gasteiger partial charge in [-0.05, 0) is 42.8 Å². The molecule has 0 aliphatic rings. The van der Waals surface area contributed by atoms with Crippen molar-refractivity contribution in [3.05, 3.63) is 53.6 Å². The van der Waals surface area contributed by atoms with Crippen LogP contribution in [0.4, 0.5) is 5.69 Å². The zero-order valence-electron chi connectivity index (χ0n) is 17.9. The van der Waals surface area contributed by atoms with Crippen LogP contribution in [-0.2, 0) is 29.6 Å². The topological polar surface area (TPSA) is 153 Å². The van der Waals surface area contributed by atoms with Crippen LogP contribution in [0, 0.1) is 6.92 Å². The average Bonchev–Trinajstić information content (AvgIpc) is 2.72. The van der Waals surface area contributed by atoms with E-state index < -0.39 is 38.5 Å². The van der Waals surface area contributed by atoms with Crippen LogP contribution in [0.5, 0.6) is 0 Å². The number of sulfonamides is 2. The Morgan fingerprint density at radius 1 is 1.00 bits per heavy atom. The van der Waals surface area contributed by atoms with Gasteiger partial charge >= 0.3 is 5.97 Å². The Morgan fingerprint density at radius 3 is 2.25 bits per heavy atom. The van der Waals surface area contributed by atoms with E-state index in [9.17, 15) is 26.4 Å². The summed E-state index contributed by atoms with van der Waals surface area (Å²) in [5.41, 5.74) is 0.612. The molecule has 0 spiro atoms. The highest BCUT2D eigenvalue weighted by molar-refractivity contribution is 7.89. The Labute approximate surface area is 187 Å². The quantitative estimate of drug-likeness (QED) is 0.512. The number of esters is 1. The molecular formula is C20H25N3O7S2. The van der Waals surface area contributed by atoms with Crippen molar-refractivity contribution in [1.82, 2.24) is 4.31 Å². The highest BCUT2D eigenvalue weighted by atomic mass is 32.2. The Balaban J connectivity index is 2.09. The van der Waals surface area contributed by atoms with Gasteiger partial charge in [-0.1, -0.05) is 26.0 Å². The van der Waals surface area contributed by atoms with Crippen molar-refractivity contribution in [3.8, 4) is 0 Å². The third-order valence-corrected chi connectivity index (χ3v) is 7.51. The maximum atomic E-state index is 12.6. The van der Waals surface area contributed by atoms with Gasteiger partial charge in [0.25, 0.3) is 5.91 Å². The van der Waals surface area contributed by atoms with Gasteiger partial charge in [-0.2, -0.15) is 4.31 Å². The molecule has 2 aromatic rings. The largest absolute Gasteiger partial charge is 0.452 e. The molecule has 0 atom stereocenters. The number of primary sulfonamides is 1. The predicted octanol–water partition coefficient (Wildman–Crippen LogP) is 1.47. The van der Waals surface area contributed by atoms with Gasteiger partial charge in [-0.3, -0.25) is 4.79 Å². The zero-order valence-corrected chi connectivity index (χ0v) is 19.5. The van der Waals surface area contributed by atoms with Gasteiger partial charge in [0.2, 0.25) is 20.0 Å². The SMILES string of the molecule is CCN(CC)S(=O)(=O)c1cccc(NC(=O)COC(=O)c2cc(S(N)(=O)=O)ccc2C)c1. The lowest BCUT2D eigenvalue weighted by Crippen LogP contribution is -2.30. The average molecular weight is 484 g/mol. The fourth-order valence-electron chi connectivity index (χ4n) is 2.85. The number of amides is 1. The van der Waals surface area contributed by atoms with Crippen molar-refractivity contribution in [2.24, 2.45) is 5.14 Å². The molecule has 12 heteroatoms. The van der Waals surface area contributed by atoms with E-state index in [-0.39, 0.29) is 21.0 Å². The summed E-state index contributed by atoms with van der Waals surface area (Å²) in [5, 5.41) is 7.54. The predicted molar refractivity (Wildman–Crippen MR) is 118 cm³/mol. The standard InChI is InChI=1S/C20H25N3O7S2/c1-4-23(5-2)32(28,29)17-8-6-7-15(11-17)22-19(24)13-30-20(25)18-12-16(31(21,26)27)10-9-14(18)3/h6-12H,4-5,13H2,1-3H3,(H,22,24)(H2,21,26,27). The maximum Gasteiger partial charge on any atom is 0.338 e. The number of nitrogens with two attached hydrogens (primary N) is 1. The van der Waals surface area contributed by atoms with Crippen molar-refractivity contribution in [3.63, 3.8) is 0 Å². The molecule has 174 valence electrons. The van der Waals surface area contributed by atoms with E-state index >= 15 is 0 Å². The Bertz CT molecular complexity index is 1220. The number of benzene rings is 2. The second-order valence-corrected chi connectivity index (χ2v) is 10.3. The monoisotopic (exact) mass is 483 g/mol. The van der Waals surface area contributed by atoms with Crippen molar-refractivity contribution in [2.45, 2.75) is 30.6 Å². The van der Waals surface area contributed by atoms with Gasteiger partial charge in [-0.15, -0.1) is 0 Å². The minimum Gasteiger partial charge on any atom is -0.452 e. The number of ether oxygens (including phenoxy) is 1. The molecule has 0 aliphatic heterocycles. The summed E-state index contributed by atoms with van der Waals surface area (Å²) in [6.45, 7) is 4.97. The van der Waals surface area contributed by atoms with Crippen LogP contribution in [-0.4, -0.2) is 52.7 Å². The van der Waals surface area contributed by atoms with E-state index in [0.717, 1.165) is 6.07 Å². The number of hydrogen-bond donors (Lipinski definition) is 2. The fourth-order valence-corrected chi connectivity index (χ4v) is 4.90. The Hall–Kier alpha value is -2.80. The highest BCUT2D eigenvalue weighted by Gasteiger charge is 2.22. The van der Waals surface area contributed by atoms with Crippen LogP contribution in [0.25, 0.3) is 0 Å². The molecular weight excluding hydrogens is 458 g/mol. The first-order chi connectivity index (χ1) is 14.9. The van der Waals surface area contributed by atoms with Gasteiger partial charge in [0.15, 0.2) is 6.61 Å². The molecule has 0 saturated heterocycles. The molecule has 0 fully saturated rings. The molecule has 2 rings (SSSR count). The molecule has 0 radical (unpaired) electrons. The van der Waals surface area contributed by atoms with Crippen LogP contribution >= 0.6 is 0 Å². The second kappa shape index (κ2) is 10.2. The minimum absolute atomic E-state index is 0.0198. The molecule has 0 heterocycles. The van der Waals surface area contributed by atoms with Gasteiger partial charge in [-0.25, -0.2) is 26.8 Å². The van der Waals surface area contributed by atoms with Crippen LogP contribution in [0.1, 0.15) is 29.8 Å². The lowest BCUT2D eigenvalue weighted by Gasteiger charge is -2.18. The number of carbonyl (C=O) groups is 2. The number of aryl methyl sites for hydroxylation is 1. The van der Waals surface area contributed by atoms with Crippen LogP contribution in [0.2, 0.25) is 0 Å². The molecule has 0 saturated carbocycles. The molecule has 2 aromatic carbocycles. The highest BCUT2D eigenvalue weighted by Crippen LogP contribution is 2.20. The van der Waals surface area contributed by atoms with E-state index in [0.29, 0.717) is 18.7 Å². The smallest absolute Gasteiger partial charge is 0.338 e. The number of nitrogens with one attached hydrogen (secondary N) is 1. The first-order valence-corrected chi connectivity index (χ1v) is 12.6. The molecule has 32 heavy (non-hydrogen) atoms.